The van der Waals surface area contributed by atoms with Crippen LogP contribution >= 0.6 is 11.6 Å². The molecule has 3 nitrogen and oxygen atoms in total. The minimum atomic E-state index is 0.366. The van der Waals surface area contributed by atoms with Crippen molar-refractivity contribution >= 4 is 11.6 Å². The van der Waals surface area contributed by atoms with Gasteiger partial charge in [0.2, 0.25) is 5.88 Å². The molecule has 18 heavy (non-hydrogen) atoms. The van der Waals surface area contributed by atoms with Crippen LogP contribution in [-0.4, -0.2) is 4.98 Å². The van der Waals surface area contributed by atoms with Crippen molar-refractivity contribution in [2.75, 3.05) is 0 Å². The maximum Gasteiger partial charge on any atom is 0.219 e. The summed E-state index contributed by atoms with van der Waals surface area (Å²) in [5, 5.41) is 0.561. The van der Waals surface area contributed by atoms with Crippen LogP contribution < -0.4 is 10.5 Å². The fourth-order valence-corrected chi connectivity index (χ4v) is 1.80. The van der Waals surface area contributed by atoms with Gasteiger partial charge in [0.15, 0.2) is 0 Å². The van der Waals surface area contributed by atoms with E-state index in [1.165, 1.54) is 5.56 Å². The monoisotopic (exact) mass is 262 g/mol. The van der Waals surface area contributed by atoms with Gasteiger partial charge in [-0.25, -0.2) is 4.98 Å². The van der Waals surface area contributed by atoms with Crippen molar-refractivity contribution in [1.29, 1.82) is 0 Å². The first-order valence-electron chi connectivity index (χ1n) is 5.70. The molecule has 0 bridgehead atoms. The van der Waals surface area contributed by atoms with Crippen LogP contribution in [-0.2, 0) is 6.54 Å². The molecule has 0 fully saturated rings. The van der Waals surface area contributed by atoms with Crippen molar-refractivity contribution in [1.82, 2.24) is 4.98 Å². The first kappa shape index (κ1) is 12.9. The van der Waals surface area contributed by atoms with Crippen molar-refractivity contribution in [2.24, 2.45) is 5.73 Å². The molecule has 2 aromatic rings. The summed E-state index contributed by atoms with van der Waals surface area (Å²) in [4.78, 5) is 4.14. The van der Waals surface area contributed by atoms with E-state index in [9.17, 15) is 0 Å². The topological polar surface area (TPSA) is 48.1 Å². The van der Waals surface area contributed by atoms with E-state index >= 15 is 0 Å². The summed E-state index contributed by atoms with van der Waals surface area (Å²) in [5.74, 6) is 1.31. The number of ether oxygens (including phenoxy) is 1. The lowest BCUT2D eigenvalue weighted by molar-refractivity contribution is 0.458. The molecule has 0 amide bonds. The number of nitrogens with two attached hydrogens (primary N) is 1. The molecule has 0 spiro atoms. The minimum Gasteiger partial charge on any atom is -0.439 e. The predicted molar refractivity (Wildman–Crippen MR) is 73.1 cm³/mol. The van der Waals surface area contributed by atoms with Crippen molar-refractivity contribution in [3.05, 3.63) is 52.2 Å². The summed E-state index contributed by atoms with van der Waals surface area (Å²) >= 11 is 5.96. The van der Waals surface area contributed by atoms with Gasteiger partial charge in [0.1, 0.15) is 5.75 Å². The molecule has 2 rings (SSSR count). The van der Waals surface area contributed by atoms with Gasteiger partial charge in [0.25, 0.3) is 0 Å². The molecule has 0 unspecified atom stereocenters. The fraction of sp³-hybridized carbons (Fsp3) is 0.214. The van der Waals surface area contributed by atoms with Crippen LogP contribution in [0.15, 0.2) is 30.5 Å². The van der Waals surface area contributed by atoms with Crippen LogP contribution in [0, 0.1) is 13.8 Å². The molecule has 94 valence electrons. The van der Waals surface area contributed by atoms with Crippen molar-refractivity contribution in [3.8, 4) is 11.6 Å². The Balaban J connectivity index is 2.31. The van der Waals surface area contributed by atoms with Crippen LogP contribution in [0.25, 0.3) is 0 Å². The molecular weight excluding hydrogens is 248 g/mol. The molecule has 4 heteroatoms. The highest BCUT2D eigenvalue weighted by Gasteiger charge is 2.06. The lowest BCUT2D eigenvalue weighted by Gasteiger charge is -2.10. The van der Waals surface area contributed by atoms with Gasteiger partial charge in [-0.2, -0.15) is 0 Å². The zero-order valence-electron chi connectivity index (χ0n) is 10.4. The van der Waals surface area contributed by atoms with Crippen LogP contribution in [0.2, 0.25) is 5.02 Å². The molecule has 0 aliphatic rings. The van der Waals surface area contributed by atoms with Crippen molar-refractivity contribution in [3.63, 3.8) is 0 Å². The van der Waals surface area contributed by atoms with E-state index in [4.69, 9.17) is 22.1 Å². The maximum absolute atomic E-state index is 5.96. The Labute approximate surface area is 112 Å². The lowest BCUT2D eigenvalue weighted by atomic mass is 10.1. The van der Waals surface area contributed by atoms with Gasteiger partial charge in [-0.05, 0) is 36.6 Å². The first-order chi connectivity index (χ1) is 8.61. The molecule has 0 atom stereocenters. The summed E-state index contributed by atoms with van der Waals surface area (Å²) in [5.41, 5.74) is 8.71. The summed E-state index contributed by atoms with van der Waals surface area (Å²) in [6, 6.07) is 7.69. The van der Waals surface area contributed by atoms with E-state index in [0.717, 1.165) is 16.9 Å². The van der Waals surface area contributed by atoms with E-state index in [1.807, 2.05) is 32.0 Å². The molecule has 0 radical (unpaired) electrons. The number of nitrogens with zero attached hydrogens (tertiary/aromatic N) is 1. The van der Waals surface area contributed by atoms with Gasteiger partial charge >= 0.3 is 0 Å². The Morgan fingerprint density at radius 2 is 2.11 bits per heavy atom. The maximum atomic E-state index is 5.96. The highest BCUT2D eigenvalue weighted by molar-refractivity contribution is 6.31. The molecular formula is C14H15ClN2O. The average Bonchev–Trinajstić information content (AvgIpc) is 2.37. The van der Waals surface area contributed by atoms with Crippen molar-refractivity contribution < 1.29 is 4.74 Å². The Morgan fingerprint density at radius 3 is 2.83 bits per heavy atom. The summed E-state index contributed by atoms with van der Waals surface area (Å²) in [7, 11) is 0. The van der Waals surface area contributed by atoms with E-state index in [-0.39, 0.29) is 0 Å². The highest BCUT2D eigenvalue weighted by atomic mass is 35.5. The molecule has 1 aromatic carbocycles. The highest BCUT2D eigenvalue weighted by Crippen LogP contribution is 2.27. The second-order valence-corrected chi connectivity index (χ2v) is 4.53. The molecule has 0 aliphatic carbocycles. The number of hydrogen-bond acceptors (Lipinski definition) is 3. The van der Waals surface area contributed by atoms with Gasteiger partial charge in [-0.3, -0.25) is 0 Å². The molecule has 0 saturated carbocycles. The number of rotatable bonds is 3. The largest absolute Gasteiger partial charge is 0.439 e. The minimum absolute atomic E-state index is 0.366. The molecule has 1 aromatic heterocycles. The Bertz CT molecular complexity index is 570. The number of aryl methyl sites for hydroxylation is 1. The molecule has 1 heterocycles. The van der Waals surface area contributed by atoms with Crippen LogP contribution in [0.5, 0.6) is 11.6 Å². The summed E-state index contributed by atoms with van der Waals surface area (Å²) in [6.07, 6.45) is 1.56. The Kier molecular flexibility index (Phi) is 3.84. The van der Waals surface area contributed by atoms with E-state index < -0.39 is 0 Å². The Morgan fingerprint density at radius 1 is 1.33 bits per heavy atom. The second kappa shape index (κ2) is 5.38. The van der Waals surface area contributed by atoms with E-state index in [2.05, 4.69) is 4.98 Å². The van der Waals surface area contributed by atoms with E-state index in [1.54, 1.807) is 12.3 Å². The SMILES string of the molecule is Cc1cccc(Oc2cc(CN)c(Cl)cn2)c1C. The summed E-state index contributed by atoms with van der Waals surface area (Å²) in [6.45, 7) is 4.43. The quantitative estimate of drug-likeness (QED) is 0.919. The van der Waals surface area contributed by atoms with Crippen LogP contribution in [0.1, 0.15) is 16.7 Å². The van der Waals surface area contributed by atoms with Gasteiger partial charge in [-0.1, -0.05) is 23.7 Å². The van der Waals surface area contributed by atoms with Crippen LogP contribution in [0.4, 0.5) is 0 Å². The smallest absolute Gasteiger partial charge is 0.219 e. The van der Waals surface area contributed by atoms with Gasteiger partial charge < -0.3 is 10.5 Å². The first-order valence-corrected chi connectivity index (χ1v) is 6.08. The molecule has 0 saturated heterocycles. The number of pyridine rings is 1. The van der Waals surface area contributed by atoms with Crippen molar-refractivity contribution in [2.45, 2.75) is 20.4 Å². The third-order valence-electron chi connectivity index (χ3n) is 2.90. The number of aromatic nitrogens is 1. The van der Waals surface area contributed by atoms with Crippen LogP contribution in [0.3, 0.4) is 0 Å². The predicted octanol–water partition coefficient (Wildman–Crippen LogP) is 3.60. The fourth-order valence-electron chi connectivity index (χ4n) is 1.62. The van der Waals surface area contributed by atoms with Gasteiger partial charge in [0, 0.05) is 18.8 Å². The van der Waals surface area contributed by atoms with E-state index in [0.29, 0.717) is 17.4 Å². The zero-order chi connectivity index (χ0) is 13.1. The molecule has 2 N–H and O–H groups in total. The summed E-state index contributed by atoms with van der Waals surface area (Å²) < 4.78 is 5.76. The number of benzene rings is 1. The average molecular weight is 263 g/mol. The Hall–Kier alpha value is -1.58. The molecule has 0 aliphatic heterocycles. The lowest BCUT2D eigenvalue weighted by Crippen LogP contribution is -1.99. The standard InChI is InChI=1S/C14H15ClN2O/c1-9-4-3-5-13(10(9)2)18-14-6-11(7-16)12(15)8-17-14/h3-6,8H,7,16H2,1-2H3. The third kappa shape index (κ3) is 2.63. The normalized spacial score (nSPS) is 10.4. The van der Waals surface area contributed by atoms with Gasteiger partial charge in [0.05, 0.1) is 5.02 Å². The number of hydrogen-bond donors (Lipinski definition) is 1. The van der Waals surface area contributed by atoms with Gasteiger partial charge in [-0.15, -0.1) is 0 Å². The third-order valence-corrected chi connectivity index (χ3v) is 3.24. The second-order valence-electron chi connectivity index (χ2n) is 4.12. The zero-order valence-corrected chi connectivity index (χ0v) is 11.2. The number of halogens is 1.